The Kier molecular flexibility index (Phi) is 6.67. The van der Waals surface area contributed by atoms with Crippen LogP contribution in [0.3, 0.4) is 0 Å². The van der Waals surface area contributed by atoms with Gasteiger partial charge in [-0.2, -0.15) is 0 Å². The van der Waals surface area contributed by atoms with Gasteiger partial charge in [-0.1, -0.05) is 60.7 Å². The lowest BCUT2D eigenvalue weighted by atomic mass is 9.88. The van der Waals surface area contributed by atoms with Crippen molar-refractivity contribution in [2.75, 3.05) is 26.7 Å². The number of benzene rings is 2. The quantitative estimate of drug-likeness (QED) is 0.835. The number of piperidine rings is 1. The highest BCUT2D eigenvalue weighted by atomic mass is 16.2. The van der Waals surface area contributed by atoms with E-state index in [0.717, 1.165) is 32.4 Å². The lowest BCUT2D eigenvalue weighted by Gasteiger charge is -2.29. The molecule has 26 heavy (non-hydrogen) atoms. The summed E-state index contributed by atoms with van der Waals surface area (Å²) in [7, 11) is 2.13. The number of likely N-dealkylation sites (tertiary alicyclic amines) is 1. The molecule has 4 nitrogen and oxygen atoms in total. The van der Waals surface area contributed by atoms with Gasteiger partial charge >= 0.3 is 6.03 Å². The third-order valence-corrected chi connectivity index (χ3v) is 5.18. The van der Waals surface area contributed by atoms with Crippen LogP contribution in [0.1, 0.15) is 36.3 Å². The summed E-state index contributed by atoms with van der Waals surface area (Å²) in [6.45, 7) is 2.76. The normalized spacial score (nSPS) is 15.8. The SMILES string of the molecule is CN1CCC(NC(=O)NCCC(c2ccccc2)c2ccccc2)CC1. The van der Waals surface area contributed by atoms with Gasteiger partial charge in [0.05, 0.1) is 0 Å². The molecule has 1 aliphatic heterocycles. The average Bonchev–Trinajstić information content (AvgIpc) is 2.68. The Morgan fingerprint density at radius 2 is 1.54 bits per heavy atom. The Morgan fingerprint density at radius 1 is 1.00 bits per heavy atom. The fraction of sp³-hybridized carbons (Fsp3) is 0.409. The molecule has 1 fully saturated rings. The Morgan fingerprint density at radius 3 is 2.08 bits per heavy atom. The molecule has 1 aliphatic rings. The van der Waals surface area contributed by atoms with E-state index in [9.17, 15) is 4.79 Å². The minimum Gasteiger partial charge on any atom is -0.338 e. The molecule has 0 aromatic heterocycles. The van der Waals surface area contributed by atoms with Crippen LogP contribution in [0, 0.1) is 0 Å². The van der Waals surface area contributed by atoms with E-state index in [1.54, 1.807) is 0 Å². The number of rotatable bonds is 6. The maximum atomic E-state index is 12.2. The lowest BCUT2D eigenvalue weighted by molar-refractivity contribution is 0.214. The Hall–Kier alpha value is -2.33. The minimum atomic E-state index is -0.0422. The van der Waals surface area contributed by atoms with Gasteiger partial charge < -0.3 is 15.5 Å². The molecule has 3 rings (SSSR count). The van der Waals surface area contributed by atoms with Gasteiger partial charge in [0, 0.05) is 18.5 Å². The number of carbonyl (C=O) groups excluding carboxylic acids is 1. The molecule has 2 amide bonds. The number of urea groups is 1. The first-order chi connectivity index (χ1) is 12.7. The van der Waals surface area contributed by atoms with Crippen LogP contribution in [-0.2, 0) is 0 Å². The van der Waals surface area contributed by atoms with E-state index in [0.29, 0.717) is 18.5 Å². The summed E-state index contributed by atoms with van der Waals surface area (Å²) in [5.41, 5.74) is 2.58. The van der Waals surface area contributed by atoms with Crippen LogP contribution in [0.25, 0.3) is 0 Å². The second-order valence-corrected chi connectivity index (χ2v) is 7.14. The molecule has 1 heterocycles. The highest BCUT2D eigenvalue weighted by molar-refractivity contribution is 5.74. The first kappa shape index (κ1) is 18.5. The fourth-order valence-electron chi connectivity index (χ4n) is 3.62. The number of nitrogens with one attached hydrogen (secondary N) is 2. The summed E-state index contributed by atoms with van der Waals surface area (Å²) in [5, 5.41) is 6.16. The largest absolute Gasteiger partial charge is 0.338 e. The van der Waals surface area contributed by atoms with Crippen molar-refractivity contribution in [3.63, 3.8) is 0 Å². The third kappa shape index (κ3) is 5.33. The molecule has 0 aliphatic carbocycles. The number of hydrogen-bond acceptors (Lipinski definition) is 2. The molecule has 0 atom stereocenters. The second kappa shape index (κ2) is 9.39. The maximum Gasteiger partial charge on any atom is 0.315 e. The van der Waals surface area contributed by atoms with Crippen molar-refractivity contribution in [3.05, 3.63) is 71.8 Å². The van der Waals surface area contributed by atoms with Crippen molar-refractivity contribution < 1.29 is 4.79 Å². The topological polar surface area (TPSA) is 44.4 Å². The highest BCUT2D eigenvalue weighted by Crippen LogP contribution is 2.27. The van der Waals surface area contributed by atoms with Gasteiger partial charge in [-0.25, -0.2) is 4.79 Å². The summed E-state index contributed by atoms with van der Waals surface area (Å²) in [6, 6.07) is 21.3. The Bertz CT molecular complexity index is 627. The van der Waals surface area contributed by atoms with Crippen molar-refractivity contribution in [1.82, 2.24) is 15.5 Å². The standard InChI is InChI=1S/C22H29N3O/c1-25-16-13-20(14-17-25)24-22(26)23-15-12-21(18-8-4-2-5-9-18)19-10-6-3-7-11-19/h2-11,20-21H,12-17H2,1H3,(H2,23,24,26). The molecule has 138 valence electrons. The van der Waals surface area contributed by atoms with E-state index in [-0.39, 0.29) is 6.03 Å². The number of carbonyl (C=O) groups is 1. The Balaban J connectivity index is 1.52. The summed E-state index contributed by atoms with van der Waals surface area (Å²) >= 11 is 0. The summed E-state index contributed by atoms with van der Waals surface area (Å²) in [6.07, 6.45) is 2.94. The second-order valence-electron chi connectivity index (χ2n) is 7.14. The molecule has 2 aromatic rings. The van der Waals surface area contributed by atoms with Gasteiger partial charge in [0.15, 0.2) is 0 Å². The van der Waals surface area contributed by atoms with Gasteiger partial charge in [-0.05, 0) is 50.5 Å². The van der Waals surface area contributed by atoms with E-state index < -0.39 is 0 Å². The van der Waals surface area contributed by atoms with Crippen molar-refractivity contribution in [2.24, 2.45) is 0 Å². The molecule has 0 radical (unpaired) electrons. The molecule has 4 heteroatoms. The fourth-order valence-corrected chi connectivity index (χ4v) is 3.62. The first-order valence-electron chi connectivity index (χ1n) is 9.55. The van der Waals surface area contributed by atoms with Gasteiger partial charge in [0.25, 0.3) is 0 Å². The van der Waals surface area contributed by atoms with Crippen LogP contribution in [0.5, 0.6) is 0 Å². The minimum absolute atomic E-state index is 0.0422. The van der Waals surface area contributed by atoms with Gasteiger partial charge in [-0.15, -0.1) is 0 Å². The molecular weight excluding hydrogens is 322 g/mol. The third-order valence-electron chi connectivity index (χ3n) is 5.18. The number of nitrogens with zero attached hydrogens (tertiary/aromatic N) is 1. The van der Waals surface area contributed by atoms with Crippen LogP contribution in [0.2, 0.25) is 0 Å². The molecule has 0 bridgehead atoms. The summed E-state index contributed by atoms with van der Waals surface area (Å²) in [4.78, 5) is 14.5. The lowest BCUT2D eigenvalue weighted by Crippen LogP contribution is -2.47. The predicted molar refractivity (Wildman–Crippen MR) is 106 cm³/mol. The van der Waals surface area contributed by atoms with Gasteiger partial charge in [0.1, 0.15) is 0 Å². The van der Waals surface area contributed by atoms with Crippen LogP contribution < -0.4 is 10.6 Å². The Labute approximate surface area is 156 Å². The molecule has 2 N–H and O–H groups in total. The molecule has 0 saturated carbocycles. The monoisotopic (exact) mass is 351 g/mol. The summed E-state index contributed by atoms with van der Waals surface area (Å²) in [5.74, 6) is 0.293. The zero-order valence-electron chi connectivity index (χ0n) is 15.5. The van der Waals surface area contributed by atoms with Gasteiger partial charge in [-0.3, -0.25) is 0 Å². The van der Waals surface area contributed by atoms with E-state index in [2.05, 4.69) is 71.1 Å². The smallest absolute Gasteiger partial charge is 0.315 e. The van der Waals surface area contributed by atoms with Crippen LogP contribution in [0.4, 0.5) is 4.79 Å². The molecule has 2 aromatic carbocycles. The average molecular weight is 351 g/mol. The predicted octanol–water partition coefficient (Wildman–Crippen LogP) is 3.60. The van der Waals surface area contributed by atoms with E-state index >= 15 is 0 Å². The van der Waals surface area contributed by atoms with Crippen molar-refractivity contribution >= 4 is 6.03 Å². The molecule has 0 unspecified atom stereocenters. The number of amides is 2. The molecular formula is C22H29N3O. The van der Waals surface area contributed by atoms with Crippen molar-refractivity contribution in [1.29, 1.82) is 0 Å². The van der Waals surface area contributed by atoms with Gasteiger partial charge in [0.2, 0.25) is 0 Å². The van der Waals surface area contributed by atoms with E-state index in [1.165, 1.54) is 11.1 Å². The molecule has 0 spiro atoms. The highest BCUT2D eigenvalue weighted by Gasteiger charge is 2.19. The van der Waals surface area contributed by atoms with Crippen molar-refractivity contribution in [2.45, 2.75) is 31.2 Å². The van der Waals surface area contributed by atoms with E-state index in [1.807, 2.05) is 12.1 Å². The van der Waals surface area contributed by atoms with E-state index in [4.69, 9.17) is 0 Å². The maximum absolute atomic E-state index is 12.2. The van der Waals surface area contributed by atoms with Crippen LogP contribution in [0.15, 0.2) is 60.7 Å². The van der Waals surface area contributed by atoms with Crippen molar-refractivity contribution in [3.8, 4) is 0 Å². The molecule has 1 saturated heterocycles. The van der Waals surface area contributed by atoms with Crippen LogP contribution in [-0.4, -0.2) is 43.7 Å². The zero-order chi connectivity index (χ0) is 18.2. The summed E-state index contributed by atoms with van der Waals surface area (Å²) < 4.78 is 0. The van der Waals surface area contributed by atoms with Crippen LogP contribution >= 0.6 is 0 Å². The number of hydrogen-bond donors (Lipinski definition) is 2. The zero-order valence-corrected chi connectivity index (χ0v) is 15.5. The first-order valence-corrected chi connectivity index (χ1v) is 9.55.